The molecule has 0 bridgehead atoms. The first-order valence-corrected chi connectivity index (χ1v) is 10.6. The molecule has 3 rings (SSSR count). The summed E-state index contributed by atoms with van der Waals surface area (Å²) in [7, 11) is 0. The molecule has 166 valence electrons. The number of rotatable bonds is 9. The van der Waals surface area contributed by atoms with Gasteiger partial charge in [0.2, 0.25) is 0 Å². The number of nitrogens with zero attached hydrogens (tertiary/aromatic N) is 2. The fraction of sp³-hybridized carbons (Fsp3) is 0.360. The van der Waals surface area contributed by atoms with Crippen LogP contribution in [-0.4, -0.2) is 33.3 Å². The third-order valence-electron chi connectivity index (χ3n) is 5.66. The lowest BCUT2D eigenvalue weighted by molar-refractivity contribution is -0.693. The molecule has 2 atom stereocenters. The number of hydrogen-bond acceptors (Lipinski definition) is 3. The van der Waals surface area contributed by atoms with Crippen LogP contribution in [-0.2, 0) is 6.54 Å². The first-order chi connectivity index (χ1) is 14.4. The van der Waals surface area contributed by atoms with Crippen LogP contribution in [0, 0.1) is 20.8 Å². The molecule has 1 aromatic heterocycles. The zero-order chi connectivity index (χ0) is 21.7. The van der Waals surface area contributed by atoms with E-state index in [-0.39, 0.29) is 24.2 Å². The Morgan fingerprint density at radius 1 is 1.06 bits per heavy atom. The lowest BCUT2D eigenvalue weighted by atomic mass is 10.0. The minimum atomic E-state index is -0.558. The molecule has 0 radical (unpaired) electrons. The number of Topliss-reactive ketones (excluding diaryl/α,β-unsaturated/α-hetero) is 1. The second-order valence-electron chi connectivity index (χ2n) is 8.10. The second-order valence-corrected chi connectivity index (χ2v) is 8.10. The standard InChI is InChI=1S/C25H31N3O2.ClH/c1-17-10-12-22(13-11-17)25(30)19(3)26-15-14-23(29)24-18(2)27-28(20(24)4)16-21-8-6-5-7-9-21;/h5-13,19,25-26,30H,14-16H2,1-4H3;1H. The molecule has 0 aliphatic rings. The van der Waals surface area contributed by atoms with Gasteiger partial charge in [0.1, 0.15) is 12.1 Å². The van der Waals surface area contributed by atoms with Crippen molar-refractivity contribution >= 4 is 5.78 Å². The van der Waals surface area contributed by atoms with Gasteiger partial charge in [0, 0.05) is 5.69 Å². The normalized spacial score (nSPS) is 12.8. The molecule has 1 heterocycles. The number of aromatic nitrogens is 2. The summed E-state index contributed by atoms with van der Waals surface area (Å²) in [5.41, 5.74) is 5.66. The van der Waals surface area contributed by atoms with Crippen LogP contribution in [0.25, 0.3) is 0 Å². The number of hydrogen-bond donors (Lipinski definition) is 2. The molecule has 5 nitrogen and oxygen atoms in total. The predicted octanol–water partition coefficient (Wildman–Crippen LogP) is 0.119. The molecule has 3 N–H and O–H groups in total. The van der Waals surface area contributed by atoms with E-state index < -0.39 is 6.10 Å². The van der Waals surface area contributed by atoms with Gasteiger partial charge in [-0.1, -0.05) is 60.2 Å². The zero-order valence-electron chi connectivity index (χ0n) is 18.7. The van der Waals surface area contributed by atoms with Crippen LogP contribution in [0.4, 0.5) is 0 Å². The first-order valence-electron chi connectivity index (χ1n) is 10.6. The van der Waals surface area contributed by atoms with Crippen LogP contribution in [0.3, 0.4) is 0 Å². The van der Waals surface area contributed by atoms with Gasteiger partial charge in [0.05, 0.1) is 30.8 Å². The van der Waals surface area contributed by atoms with E-state index >= 15 is 0 Å². The number of ketones is 1. The summed E-state index contributed by atoms with van der Waals surface area (Å²) >= 11 is 0. The topological polar surface area (TPSA) is 71.7 Å². The van der Waals surface area contributed by atoms with Crippen molar-refractivity contribution in [1.29, 1.82) is 0 Å². The van der Waals surface area contributed by atoms with Gasteiger partial charge >= 0.3 is 0 Å². The molecule has 0 saturated carbocycles. The van der Waals surface area contributed by atoms with Crippen molar-refractivity contribution in [2.75, 3.05) is 6.54 Å². The third kappa shape index (κ3) is 6.26. The minimum absolute atomic E-state index is 0. The van der Waals surface area contributed by atoms with E-state index in [1.807, 2.05) is 80.2 Å². The highest BCUT2D eigenvalue weighted by molar-refractivity contribution is 5.98. The van der Waals surface area contributed by atoms with Gasteiger partial charge in [-0.15, -0.1) is 0 Å². The molecular weight excluding hydrogens is 410 g/mol. The molecule has 0 aliphatic carbocycles. The summed E-state index contributed by atoms with van der Waals surface area (Å²) in [6.07, 6.45) is -0.137. The fourth-order valence-electron chi connectivity index (χ4n) is 3.81. The molecule has 0 fully saturated rings. The fourth-order valence-corrected chi connectivity index (χ4v) is 3.81. The number of carbonyl (C=O) groups is 1. The van der Waals surface area contributed by atoms with E-state index in [0.29, 0.717) is 19.5 Å². The molecule has 0 amide bonds. The van der Waals surface area contributed by atoms with Crippen molar-refractivity contribution in [1.82, 2.24) is 9.78 Å². The van der Waals surface area contributed by atoms with Gasteiger partial charge in [-0.2, -0.15) is 5.10 Å². The maximum atomic E-state index is 12.9. The molecule has 2 unspecified atom stereocenters. The number of carbonyl (C=O) groups excluding carboxylic acids is 1. The average molecular weight is 442 g/mol. The van der Waals surface area contributed by atoms with Crippen LogP contribution in [0.15, 0.2) is 54.6 Å². The summed E-state index contributed by atoms with van der Waals surface area (Å²) < 4.78 is 1.91. The Labute approximate surface area is 190 Å². The number of aliphatic hydroxyl groups is 1. The highest BCUT2D eigenvalue weighted by atomic mass is 35.5. The summed E-state index contributed by atoms with van der Waals surface area (Å²) in [5, 5.41) is 17.2. The predicted molar refractivity (Wildman–Crippen MR) is 119 cm³/mol. The van der Waals surface area contributed by atoms with Crippen molar-refractivity contribution in [3.63, 3.8) is 0 Å². The van der Waals surface area contributed by atoms with E-state index in [1.54, 1.807) is 0 Å². The molecule has 2 aromatic carbocycles. The summed E-state index contributed by atoms with van der Waals surface area (Å²) in [6.45, 7) is 9.17. The Morgan fingerprint density at radius 3 is 2.35 bits per heavy atom. The average Bonchev–Trinajstić information content (AvgIpc) is 3.01. The lowest BCUT2D eigenvalue weighted by Crippen LogP contribution is -3.00. The van der Waals surface area contributed by atoms with Crippen molar-refractivity contribution in [3.05, 3.63) is 88.2 Å². The number of benzene rings is 2. The number of nitrogens with two attached hydrogens (primary N) is 1. The third-order valence-corrected chi connectivity index (χ3v) is 5.66. The lowest BCUT2D eigenvalue weighted by Gasteiger charge is -2.18. The molecular formula is C25H32ClN3O2. The van der Waals surface area contributed by atoms with E-state index in [0.717, 1.165) is 28.1 Å². The van der Waals surface area contributed by atoms with Crippen molar-refractivity contribution in [3.8, 4) is 0 Å². The number of aryl methyl sites for hydroxylation is 2. The monoisotopic (exact) mass is 441 g/mol. The molecule has 6 heteroatoms. The zero-order valence-corrected chi connectivity index (χ0v) is 19.4. The molecule has 0 saturated heterocycles. The smallest absolute Gasteiger partial charge is 0.172 e. The van der Waals surface area contributed by atoms with Crippen LogP contribution in [0.1, 0.15) is 57.9 Å². The molecule has 0 aliphatic heterocycles. The van der Waals surface area contributed by atoms with E-state index in [1.165, 1.54) is 5.56 Å². The van der Waals surface area contributed by atoms with E-state index in [2.05, 4.69) is 17.2 Å². The van der Waals surface area contributed by atoms with Crippen molar-refractivity contribution < 1.29 is 27.6 Å². The molecule has 3 aromatic rings. The SMILES string of the molecule is Cc1ccc(C(O)C(C)[NH2+]CCC(=O)c2c(C)nn(Cc3ccccc3)c2C)cc1.[Cl-]. The maximum Gasteiger partial charge on any atom is 0.172 e. The number of aliphatic hydroxyl groups excluding tert-OH is 1. The van der Waals surface area contributed by atoms with Crippen LogP contribution in [0.2, 0.25) is 0 Å². The van der Waals surface area contributed by atoms with E-state index in [4.69, 9.17) is 0 Å². The van der Waals surface area contributed by atoms with Gasteiger partial charge in [0.15, 0.2) is 5.78 Å². The molecule has 31 heavy (non-hydrogen) atoms. The van der Waals surface area contributed by atoms with Gasteiger partial charge in [0.25, 0.3) is 0 Å². The van der Waals surface area contributed by atoms with Crippen molar-refractivity contribution in [2.45, 2.75) is 52.8 Å². The Bertz CT molecular complexity index is 984. The molecule has 0 spiro atoms. The highest BCUT2D eigenvalue weighted by Gasteiger charge is 2.22. The van der Waals surface area contributed by atoms with Gasteiger partial charge in [-0.3, -0.25) is 9.48 Å². The quantitative estimate of drug-likeness (QED) is 0.463. The Morgan fingerprint density at radius 2 is 1.71 bits per heavy atom. The second kappa shape index (κ2) is 11.2. The van der Waals surface area contributed by atoms with Crippen LogP contribution >= 0.6 is 0 Å². The Hall–Kier alpha value is -2.47. The van der Waals surface area contributed by atoms with Crippen molar-refractivity contribution in [2.24, 2.45) is 0 Å². The summed E-state index contributed by atoms with van der Waals surface area (Å²) in [5.74, 6) is 0.109. The largest absolute Gasteiger partial charge is 1.00 e. The Balaban J connectivity index is 0.00000341. The number of quaternary nitrogens is 1. The summed E-state index contributed by atoms with van der Waals surface area (Å²) in [4.78, 5) is 12.9. The highest BCUT2D eigenvalue weighted by Crippen LogP contribution is 2.17. The number of halogens is 1. The first kappa shape index (κ1) is 24.8. The van der Waals surface area contributed by atoms with Gasteiger partial charge in [-0.05, 0) is 38.8 Å². The van der Waals surface area contributed by atoms with Crippen LogP contribution < -0.4 is 17.7 Å². The maximum absolute atomic E-state index is 12.9. The minimum Gasteiger partial charge on any atom is -1.00 e. The van der Waals surface area contributed by atoms with Gasteiger partial charge < -0.3 is 22.8 Å². The summed E-state index contributed by atoms with van der Waals surface area (Å²) in [6, 6.07) is 18.1. The Kier molecular flexibility index (Phi) is 8.99. The van der Waals surface area contributed by atoms with Gasteiger partial charge in [-0.25, -0.2) is 0 Å². The van der Waals surface area contributed by atoms with E-state index in [9.17, 15) is 9.90 Å². The van der Waals surface area contributed by atoms with Crippen LogP contribution in [0.5, 0.6) is 0 Å².